The SMILES string of the molecule is CC(C)COCCNS(=O)(=O)c1ccc(S(N)(=O)=O)cc1. The van der Waals surface area contributed by atoms with Gasteiger partial charge in [-0.2, -0.15) is 0 Å². The summed E-state index contributed by atoms with van der Waals surface area (Å²) in [7, 11) is -7.52. The lowest BCUT2D eigenvalue weighted by Gasteiger charge is -2.09. The number of benzene rings is 1. The van der Waals surface area contributed by atoms with Gasteiger partial charge in [-0.25, -0.2) is 26.7 Å². The maximum atomic E-state index is 11.9. The van der Waals surface area contributed by atoms with E-state index in [9.17, 15) is 16.8 Å². The number of hydrogen-bond acceptors (Lipinski definition) is 5. The molecule has 0 unspecified atom stereocenters. The first-order valence-electron chi connectivity index (χ1n) is 6.33. The number of hydrogen-bond donors (Lipinski definition) is 2. The van der Waals surface area contributed by atoms with E-state index in [0.717, 1.165) is 12.1 Å². The number of primary sulfonamides is 1. The van der Waals surface area contributed by atoms with Gasteiger partial charge in [0.1, 0.15) is 0 Å². The molecule has 0 heterocycles. The van der Waals surface area contributed by atoms with Gasteiger partial charge in [-0.3, -0.25) is 0 Å². The van der Waals surface area contributed by atoms with Crippen LogP contribution >= 0.6 is 0 Å². The second-order valence-electron chi connectivity index (χ2n) is 4.88. The standard InChI is InChI=1S/C12H20N2O5S2/c1-10(2)9-19-8-7-14-21(17,18)12-5-3-11(4-6-12)20(13,15)16/h3-6,10,14H,7-9H2,1-2H3,(H2,13,15,16). The van der Waals surface area contributed by atoms with Crippen molar-refractivity contribution in [3.63, 3.8) is 0 Å². The Morgan fingerprint density at radius 2 is 1.62 bits per heavy atom. The summed E-state index contributed by atoms with van der Waals surface area (Å²) in [4.78, 5) is -0.166. The van der Waals surface area contributed by atoms with Gasteiger partial charge < -0.3 is 4.74 Å². The lowest BCUT2D eigenvalue weighted by atomic mass is 10.2. The topological polar surface area (TPSA) is 116 Å². The molecule has 0 amide bonds. The first-order chi connectivity index (χ1) is 9.63. The van der Waals surface area contributed by atoms with Gasteiger partial charge in [-0.1, -0.05) is 13.8 Å². The van der Waals surface area contributed by atoms with Gasteiger partial charge in [-0.05, 0) is 30.2 Å². The highest BCUT2D eigenvalue weighted by Crippen LogP contribution is 2.12. The van der Waals surface area contributed by atoms with Crippen LogP contribution in [0.1, 0.15) is 13.8 Å². The third kappa shape index (κ3) is 6.10. The van der Waals surface area contributed by atoms with Crippen LogP contribution in [0, 0.1) is 5.92 Å². The van der Waals surface area contributed by atoms with Crippen LogP contribution < -0.4 is 9.86 Å². The van der Waals surface area contributed by atoms with E-state index in [-0.39, 0.29) is 22.9 Å². The molecule has 0 fully saturated rings. The molecule has 0 radical (unpaired) electrons. The second kappa shape index (κ2) is 7.32. The van der Waals surface area contributed by atoms with Crippen LogP contribution in [0.3, 0.4) is 0 Å². The third-order valence-corrected chi connectivity index (χ3v) is 4.86. The molecule has 0 bridgehead atoms. The molecule has 21 heavy (non-hydrogen) atoms. The quantitative estimate of drug-likeness (QED) is 0.662. The second-order valence-corrected chi connectivity index (χ2v) is 8.21. The van der Waals surface area contributed by atoms with Crippen molar-refractivity contribution >= 4 is 20.0 Å². The number of sulfonamides is 2. The minimum absolute atomic E-state index is 0.0289. The molecule has 0 saturated carbocycles. The van der Waals surface area contributed by atoms with Gasteiger partial charge in [0.15, 0.2) is 0 Å². The smallest absolute Gasteiger partial charge is 0.240 e. The van der Waals surface area contributed by atoms with Crippen LogP contribution in [0.15, 0.2) is 34.1 Å². The van der Waals surface area contributed by atoms with Crippen LogP contribution in [0.2, 0.25) is 0 Å². The Labute approximate surface area is 125 Å². The van der Waals surface area contributed by atoms with Crippen LogP contribution in [0.25, 0.3) is 0 Å². The lowest BCUT2D eigenvalue weighted by Crippen LogP contribution is -2.28. The zero-order valence-corrected chi connectivity index (χ0v) is 13.6. The van der Waals surface area contributed by atoms with E-state index in [4.69, 9.17) is 9.88 Å². The van der Waals surface area contributed by atoms with E-state index in [1.807, 2.05) is 13.8 Å². The highest BCUT2D eigenvalue weighted by Gasteiger charge is 2.15. The molecule has 0 aromatic heterocycles. The first kappa shape index (κ1) is 18.1. The van der Waals surface area contributed by atoms with Gasteiger partial charge in [0.2, 0.25) is 20.0 Å². The average molecular weight is 336 g/mol. The van der Waals surface area contributed by atoms with Crippen LogP contribution in [0.5, 0.6) is 0 Å². The number of rotatable bonds is 8. The Kier molecular flexibility index (Phi) is 6.29. The number of nitrogens with two attached hydrogens (primary N) is 1. The van der Waals surface area contributed by atoms with Crippen molar-refractivity contribution in [1.29, 1.82) is 0 Å². The molecule has 0 saturated heterocycles. The molecule has 1 aromatic carbocycles. The molecule has 1 aromatic rings. The summed E-state index contributed by atoms with van der Waals surface area (Å²) in [6, 6.07) is 4.69. The monoisotopic (exact) mass is 336 g/mol. The molecule has 120 valence electrons. The maximum absolute atomic E-state index is 11.9. The predicted molar refractivity (Wildman–Crippen MR) is 78.7 cm³/mol. The fraction of sp³-hybridized carbons (Fsp3) is 0.500. The third-order valence-electron chi connectivity index (χ3n) is 2.45. The van der Waals surface area contributed by atoms with E-state index < -0.39 is 20.0 Å². The Balaban J connectivity index is 2.63. The van der Waals surface area contributed by atoms with E-state index >= 15 is 0 Å². The summed E-state index contributed by atoms with van der Waals surface area (Å²) >= 11 is 0. The minimum atomic E-state index is -3.83. The van der Waals surface area contributed by atoms with Gasteiger partial charge in [0.25, 0.3) is 0 Å². The molecule has 3 N–H and O–H groups in total. The fourth-order valence-electron chi connectivity index (χ4n) is 1.46. The molecule has 1 rings (SSSR count). The van der Waals surface area contributed by atoms with Gasteiger partial charge in [0, 0.05) is 13.2 Å². The molecule has 0 spiro atoms. The van der Waals surface area contributed by atoms with Crippen molar-refractivity contribution in [2.75, 3.05) is 19.8 Å². The molecular weight excluding hydrogens is 316 g/mol. The first-order valence-corrected chi connectivity index (χ1v) is 9.36. The van der Waals surface area contributed by atoms with Crippen molar-refractivity contribution in [3.8, 4) is 0 Å². The largest absolute Gasteiger partial charge is 0.380 e. The lowest BCUT2D eigenvalue weighted by molar-refractivity contribution is 0.114. The van der Waals surface area contributed by atoms with Crippen LogP contribution in [-0.4, -0.2) is 36.6 Å². The summed E-state index contributed by atoms with van der Waals surface area (Å²) < 4.78 is 53.7. The Bertz CT molecular complexity index is 651. The molecule has 7 nitrogen and oxygen atoms in total. The van der Waals surface area contributed by atoms with Gasteiger partial charge in [0.05, 0.1) is 16.4 Å². The predicted octanol–water partition coefficient (Wildman–Crippen LogP) is 0.285. The van der Waals surface area contributed by atoms with Gasteiger partial charge >= 0.3 is 0 Å². The minimum Gasteiger partial charge on any atom is -0.380 e. The molecule has 0 aliphatic carbocycles. The zero-order valence-electron chi connectivity index (χ0n) is 11.9. The summed E-state index contributed by atoms with van der Waals surface area (Å²) in [5, 5.41) is 4.94. The molecule has 0 aliphatic rings. The number of ether oxygens (including phenoxy) is 1. The van der Waals surface area contributed by atoms with E-state index in [2.05, 4.69) is 4.72 Å². The maximum Gasteiger partial charge on any atom is 0.240 e. The van der Waals surface area contributed by atoms with Crippen molar-refractivity contribution in [1.82, 2.24) is 4.72 Å². The molecule has 0 aliphatic heterocycles. The van der Waals surface area contributed by atoms with E-state index in [1.165, 1.54) is 12.1 Å². The van der Waals surface area contributed by atoms with E-state index in [1.54, 1.807) is 0 Å². The van der Waals surface area contributed by atoms with Crippen LogP contribution in [-0.2, 0) is 24.8 Å². The Morgan fingerprint density at radius 3 is 2.10 bits per heavy atom. The van der Waals surface area contributed by atoms with Crippen molar-refractivity contribution < 1.29 is 21.6 Å². The molecule has 0 atom stereocenters. The zero-order chi connectivity index (χ0) is 16.1. The molecule has 9 heteroatoms. The number of nitrogens with one attached hydrogen (secondary N) is 1. The molecular formula is C12H20N2O5S2. The fourth-order valence-corrected chi connectivity index (χ4v) is 2.99. The van der Waals surface area contributed by atoms with Gasteiger partial charge in [-0.15, -0.1) is 0 Å². The van der Waals surface area contributed by atoms with Crippen molar-refractivity contribution in [2.45, 2.75) is 23.6 Å². The van der Waals surface area contributed by atoms with Crippen LogP contribution in [0.4, 0.5) is 0 Å². The normalized spacial score (nSPS) is 12.8. The average Bonchev–Trinajstić information content (AvgIpc) is 2.37. The van der Waals surface area contributed by atoms with E-state index in [0.29, 0.717) is 12.5 Å². The van der Waals surface area contributed by atoms with Crippen molar-refractivity contribution in [3.05, 3.63) is 24.3 Å². The van der Waals surface area contributed by atoms with Crippen molar-refractivity contribution in [2.24, 2.45) is 11.1 Å². The Hall–Kier alpha value is -1.00. The summed E-state index contributed by atoms with van der Waals surface area (Å²) in [6.45, 7) is 4.97. The Morgan fingerprint density at radius 1 is 1.10 bits per heavy atom. The summed E-state index contributed by atoms with van der Waals surface area (Å²) in [5.41, 5.74) is 0. The summed E-state index contributed by atoms with van der Waals surface area (Å²) in [6.07, 6.45) is 0. The highest BCUT2D eigenvalue weighted by molar-refractivity contribution is 7.89. The summed E-state index contributed by atoms with van der Waals surface area (Å²) in [5.74, 6) is 0.382. The highest BCUT2D eigenvalue weighted by atomic mass is 32.2.